The van der Waals surface area contributed by atoms with Crippen molar-refractivity contribution < 1.29 is 0 Å². The molecule has 0 aliphatic heterocycles. The molecular formula is C38H36N8. The lowest BCUT2D eigenvalue weighted by molar-refractivity contribution is 0.678. The SMILES string of the molecule is CC(C)c1nc2c(C(C)c3ccccc3)nnc(C(C)c3ccccc3)c2n1Cc1ccc(-c2ccccc2-c2nn[nH]n2)cc1. The van der Waals surface area contributed by atoms with Crippen LogP contribution in [-0.2, 0) is 6.54 Å². The smallest absolute Gasteiger partial charge is 0.205 e. The first-order chi connectivity index (χ1) is 22.5. The molecule has 228 valence electrons. The van der Waals surface area contributed by atoms with Crippen LogP contribution in [0.5, 0.6) is 0 Å². The second kappa shape index (κ2) is 12.5. The zero-order valence-electron chi connectivity index (χ0n) is 26.5. The second-order valence-electron chi connectivity index (χ2n) is 12.1. The third-order valence-electron chi connectivity index (χ3n) is 8.80. The van der Waals surface area contributed by atoms with Crippen molar-refractivity contribution in [3.63, 3.8) is 0 Å². The Morgan fingerprint density at radius 3 is 1.83 bits per heavy atom. The molecule has 0 fully saturated rings. The summed E-state index contributed by atoms with van der Waals surface area (Å²) in [6.45, 7) is 9.48. The molecule has 7 aromatic rings. The van der Waals surface area contributed by atoms with Gasteiger partial charge in [-0.25, -0.2) is 4.98 Å². The van der Waals surface area contributed by atoms with Gasteiger partial charge in [0.05, 0.1) is 16.9 Å². The Hall–Kier alpha value is -5.50. The predicted octanol–water partition coefficient (Wildman–Crippen LogP) is 8.15. The zero-order valence-corrected chi connectivity index (χ0v) is 26.5. The van der Waals surface area contributed by atoms with Crippen molar-refractivity contribution in [1.82, 2.24) is 40.4 Å². The van der Waals surface area contributed by atoms with Crippen molar-refractivity contribution in [3.05, 3.63) is 143 Å². The van der Waals surface area contributed by atoms with Crippen LogP contribution in [0.25, 0.3) is 33.5 Å². The summed E-state index contributed by atoms with van der Waals surface area (Å²) in [7, 11) is 0. The lowest BCUT2D eigenvalue weighted by atomic mass is 9.93. The van der Waals surface area contributed by atoms with Gasteiger partial charge in [-0.1, -0.05) is 137 Å². The minimum atomic E-state index is 0.0387. The van der Waals surface area contributed by atoms with Gasteiger partial charge >= 0.3 is 0 Å². The highest BCUT2D eigenvalue weighted by atomic mass is 15.5. The van der Waals surface area contributed by atoms with Gasteiger partial charge in [-0.3, -0.25) is 0 Å². The summed E-state index contributed by atoms with van der Waals surface area (Å²) >= 11 is 0. The van der Waals surface area contributed by atoms with E-state index in [0.717, 1.165) is 44.9 Å². The van der Waals surface area contributed by atoms with Gasteiger partial charge in [0.2, 0.25) is 5.82 Å². The van der Waals surface area contributed by atoms with Crippen molar-refractivity contribution in [2.75, 3.05) is 0 Å². The Balaban J connectivity index is 1.35. The third kappa shape index (κ3) is 5.47. The monoisotopic (exact) mass is 604 g/mol. The number of rotatable bonds is 9. The standard InChI is InChI=1S/C38H36N8/c1-24(2)38-39-35-33(25(3)28-13-7-5-8-14-28)40-41-34(26(4)29-15-9-6-10-16-29)36(35)46(38)23-27-19-21-30(22-20-27)31-17-11-12-18-32(31)37-42-44-45-43-37/h5-22,24-26H,23H2,1-4H3,(H,42,43,44,45). The number of benzene rings is 4. The van der Waals surface area contributed by atoms with E-state index in [4.69, 9.17) is 15.2 Å². The summed E-state index contributed by atoms with van der Waals surface area (Å²) in [6.07, 6.45) is 0. The van der Waals surface area contributed by atoms with E-state index in [0.29, 0.717) is 12.4 Å². The van der Waals surface area contributed by atoms with Crippen LogP contribution in [-0.4, -0.2) is 40.4 Å². The molecule has 0 bridgehead atoms. The number of aromatic amines is 1. The van der Waals surface area contributed by atoms with Crippen LogP contribution in [0.15, 0.2) is 109 Å². The highest BCUT2D eigenvalue weighted by Gasteiger charge is 2.27. The maximum atomic E-state index is 5.33. The summed E-state index contributed by atoms with van der Waals surface area (Å²) in [5, 5.41) is 24.6. The molecule has 1 N–H and O–H groups in total. The van der Waals surface area contributed by atoms with Crippen molar-refractivity contribution in [2.24, 2.45) is 0 Å². The summed E-state index contributed by atoms with van der Waals surface area (Å²) < 4.78 is 2.37. The van der Waals surface area contributed by atoms with E-state index in [2.05, 4.69) is 132 Å². The number of H-pyrrole nitrogens is 1. The lowest BCUT2D eigenvalue weighted by Gasteiger charge is -2.18. The molecule has 0 saturated heterocycles. The summed E-state index contributed by atoms with van der Waals surface area (Å²) in [4.78, 5) is 5.33. The number of nitrogens with one attached hydrogen (secondary N) is 1. The first-order valence-corrected chi connectivity index (χ1v) is 15.8. The van der Waals surface area contributed by atoms with Gasteiger partial charge in [-0.15, -0.1) is 10.2 Å². The Kier molecular flexibility index (Phi) is 7.93. The molecule has 3 aromatic heterocycles. The van der Waals surface area contributed by atoms with Crippen LogP contribution in [0, 0.1) is 0 Å². The number of imidazole rings is 1. The van der Waals surface area contributed by atoms with E-state index in [1.165, 1.54) is 16.7 Å². The predicted molar refractivity (Wildman–Crippen MR) is 181 cm³/mol. The maximum Gasteiger partial charge on any atom is 0.205 e. The quantitative estimate of drug-likeness (QED) is 0.179. The van der Waals surface area contributed by atoms with E-state index in [1.807, 2.05) is 30.3 Å². The van der Waals surface area contributed by atoms with Crippen LogP contribution < -0.4 is 0 Å². The fraction of sp³-hybridized carbons (Fsp3) is 0.211. The van der Waals surface area contributed by atoms with Gasteiger partial charge in [-0.05, 0) is 33.0 Å². The van der Waals surface area contributed by atoms with E-state index in [9.17, 15) is 0 Å². The Morgan fingerprint density at radius 1 is 0.630 bits per heavy atom. The average molecular weight is 605 g/mol. The molecule has 7 rings (SSSR count). The Bertz CT molecular complexity index is 2070. The summed E-state index contributed by atoms with van der Waals surface area (Å²) in [6, 6.07) is 37.9. The molecular weight excluding hydrogens is 568 g/mol. The zero-order chi connectivity index (χ0) is 31.6. The molecule has 3 heterocycles. The fourth-order valence-corrected chi connectivity index (χ4v) is 6.27. The Labute approximate surface area is 268 Å². The topological polar surface area (TPSA) is 98.1 Å². The highest BCUT2D eigenvalue weighted by molar-refractivity contribution is 5.83. The van der Waals surface area contributed by atoms with E-state index in [-0.39, 0.29) is 17.8 Å². The van der Waals surface area contributed by atoms with Crippen molar-refractivity contribution in [1.29, 1.82) is 0 Å². The molecule has 2 atom stereocenters. The van der Waals surface area contributed by atoms with Crippen LogP contribution in [0.4, 0.5) is 0 Å². The van der Waals surface area contributed by atoms with E-state index < -0.39 is 0 Å². The van der Waals surface area contributed by atoms with E-state index >= 15 is 0 Å². The second-order valence-corrected chi connectivity index (χ2v) is 12.1. The number of tetrazole rings is 1. The fourth-order valence-electron chi connectivity index (χ4n) is 6.27. The molecule has 4 aromatic carbocycles. The first kappa shape index (κ1) is 29.2. The van der Waals surface area contributed by atoms with Crippen molar-refractivity contribution in [3.8, 4) is 22.5 Å². The number of fused-ring (bicyclic) bond motifs is 1. The van der Waals surface area contributed by atoms with Crippen LogP contribution in [0.3, 0.4) is 0 Å². The van der Waals surface area contributed by atoms with Crippen molar-refractivity contribution in [2.45, 2.75) is 52.0 Å². The highest BCUT2D eigenvalue weighted by Crippen LogP contribution is 2.36. The number of nitrogens with zero attached hydrogens (tertiary/aromatic N) is 7. The molecule has 0 aliphatic carbocycles. The van der Waals surface area contributed by atoms with Crippen LogP contribution >= 0.6 is 0 Å². The lowest BCUT2D eigenvalue weighted by Crippen LogP contribution is -2.12. The van der Waals surface area contributed by atoms with Gasteiger partial charge in [0.15, 0.2) is 0 Å². The minimum Gasteiger partial charge on any atom is -0.322 e. The third-order valence-corrected chi connectivity index (χ3v) is 8.80. The number of aromatic nitrogens is 8. The molecule has 8 heteroatoms. The van der Waals surface area contributed by atoms with Gasteiger partial charge < -0.3 is 4.57 Å². The summed E-state index contributed by atoms with van der Waals surface area (Å²) in [5.74, 6) is 1.89. The van der Waals surface area contributed by atoms with Crippen LogP contribution in [0.2, 0.25) is 0 Å². The minimum absolute atomic E-state index is 0.0387. The number of hydrogen-bond acceptors (Lipinski definition) is 6. The average Bonchev–Trinajstić information content (AvgIpc) is 3.78. The molecule has 46 heavy (non-hydrogen) atoms. The van der Waals surface area contributed by atoms with Gasteiger partial charge in [0, 0.05) is 29.9 Å². The summed E-state index contributed by atoms with van der Waals surface area (Å²) in [5.41, 5.74) is 10.5. The molecule has 0 spiro atoms. The van der Waals surface area contributed by atoms with Crippen LogP contribution in [0.1, 0.15) is 79.4 Å². The molecule has 2 unspecified atom stereocenters. The normalized spacial score (nSPS) is 12.9. The Morgan fingerprint density at radius 2 is 1.22 bits per heavy atom. The maximum absolute atomic E-state index is 5.33. The van der Waals surface area contributed by atoms with Gasteiger partial charge in [0.1, 0.15) is 11.3 Å². The first-order valence-electron chi connectivity index (χ1n) is 15.8. The van der Waals surface area contributed by atoms with E-state index in [1.54, 1.807) is 0 Å². The molecule has 0 amide bonds. The molecule has 0 radical (unpaired) electrons. The number of hydrogen-bond donors (Lipinski definition) is 1. The largest absolute Gasteiger partial charge is 0.322 e. The van der Waals surface area contributed by atoms with Crippen molar-refractivity contribution >= 4 is 11.0 Å². The molecule has 0 aliphatic rings. The molecule has 8 nitrogen and oxygen atoms in total. The molecule has 0 saturated carbocycles. The van der Waals surface area contributed by atoms with Gasteiger partial charge in [-0.2, -0.15) is 15.4 Å². The van der Waals surface area contributed by atoms with Gasteiger partial charge in [0.25, 0.3) is 0 Å².